The first-order valence-electron chi connectivity index (χ1n) is 5.75. The summed E-state index contributed by atoms with van der Waals surface area (Å²) >= 11 is 0. The average molecular weight is 242 g/mol. The van der Waals surface area contributed by atoms with E-state index in [-0.39, 0.29) is 18.4 Å². The van der Waals surface area contributed by atoms with Gasteiger partial charge in [0, 0.05) is 12.0 Å². The van der Waals surface area contributed by atoms with Gasteiger partial charge in [0.2, 0.25) is 5.91 Å². The zero-order chi connectivity index (χ0) is 12.9. The lowest BCUT2D eigenvalue weighted by molar-refractivity contribution is -0.138. The zero-order valence-electron chi connectivity index (χ0n) is 9.91. The summed E-state index contributed by atoms with van der Waals surface area (Å²) in [6.07, 6.45) is 3.51. The van der Waals surface area contributed by atoms with Crippen molar-refractivity contribution in [3.8, 4) is 0 Å². The number of nitrogens with one attached hydrogen (secondary N) is 2. The second-order valence-corrected chi connectivity index (χ2v) is 4.66. The molecular formula is C11H18N2O4. The van der Waals surface area contributed by atoms with Gasteiger partial charge in [0.15, 0.2) is 0 Å². The van der Waals surface area contributed by atoms with Crippen molar-refractivity contribution in [2.45, 2.75) is 51.0 Å². The highest BCUT2D eigenvalue weighted by atomic mass is 16.4. The van der Waals surface area contributed by atoms with Crippen LogP contribution in [0.4, 0.5) is 4.79 Å². The molecule has 1 aliphatic rings. The third-order valence-electron chi connectivity index (χ3n) is 2.94. The summed E-state index contributed by atoms with van der Waals surface area (Å²) in [6.45, 7) is 1.95. The molecule has 0 aromatic heterocycles. The highest BCUT2D eigenvalue weighted by Gasteiger charge is 2.30. The molecule has 0 aliphatic heterocycles. The van der Waals surface area contributed by atoms with Crippen molar-refractivity contribution in [2.75, 3.05) is 0 Å². The van der Waals surface area contributed by atoms with Gasteiger partial charge in [0.05, 0.1) is 6.42 Å². The minimum absolute atomic E-state index is 0.181. The quantitative estimate of drug-likeness (QED) is 0.685. The van der Waals surface area contributed by atoms with Crippen LogP contribution in [-0.4, -0.2) is 28.6 Å². The summed E-state index contributed by atoms with van der Waals surface area (Å²) in [7, 11) is 0. The Morgan fingerprint density at radius 2 is 1.76 bits per heavy atom. The Balaban J connectivity index is 2.29. The highest BCUT2D eigenvalue weighted by Crippen LogP contribution is 2.28. The van der Waals surface area contributed by atoms with Gasteiger partial charge in [-0.15, -0.1) is 0 Å². The standard InChI is InChI=1S/C11H18N2O4/c1-11(6-2-3-7-11)13-10(17)12-8(14)4-5-9(15)16/h2-7H2,1H3,(H,15,16)(H2,12,13,14,17). The summed E-state index contributed by atoms with van der Waals surface area (Å²) in [5, 5.41) is 13.3. The van der Waals surface area contributed by atoms with Crippen molar-refractivity contribution >= 4 is 17.9 Å². The SMILES string of the molecule is CC1(NC(=O)NC(=O)CCC(=O)O)CCCC1. The molecule has 6 nitrogen and oxygen atoms in total. The monoisotopic (exact) mass is 242 g/mol. The lowest BCUT2D eigenvalue weighted by Crippen LogP contribution is -2.50. The van der Waals surface area contributed by atoms with Gasteiger partial charge in [-0.05, 0) is 19.8 Å². The van der Waals surface area contributed by atoms with Crippen LogP contribution in [0.15, 0.2) is 0 Å². The first kappa shape index (κ1) is 13.5. The molecule has 0 aromatic carbocycles. The minimum atomic E-state index is -1.05. The molecule has 0 aromatic rings. The summed E-state index contributed by atoms with van der Waals surface area (Å²) < 4.78 is 0. The number of carbonyl (C=O) groups is 3. The molecular weight excluding hydrogens is 224 g/mol. The highest BCUT2D eigenvalue weighted by molar-refractivity contribution is 5.95. The van der Waals surface area contributed by atoms with Gasteiger partial charge in [-0.3, -0.25) is 14.9 Å². The molecule has 0 unspecified atom stereocenters. The van der Waals surface area contributed by atoms with Crippen LogP contribution < -0.4 is 10.6 Å². The number of carbonyl (C=O) groups excluding carboxylic acids is 2. The van der Waals surface area contributed by atoms with E-state index in [0.717, 1.165) is 25.7 Å². The first-order valence-corrected chi connectivity index (χ1v) is 5.75. The smallest absolute Gasteiger partial charge is 0.321 e. The molecule has 17 heavy (non-hydrogen) atoms. The lowest BCUT2D eigenvalue weighted by Gasteiger charge is -2.24. The number of carboxylic acids is 1. The molecule has 0 heterocycles. The van der Waals surface area contributed by atoms with E-state index in [1.54, 1.807) is 0 Å². The van der Waals surface area contributed by atoms with Crippen molar-refractivity contribution in [2.24, 2.45) is 0 Å². The normalized spacial score (nSPS) is 17.5. The van der Waals surface area contributed by atoms with Gasteiger partial charge in [0.1, 0.15) is 0 Å². The number of urea groups is 1. The van der Waals surface area contributed by atoms with Gasteiger partial charge in [-0.25, -0.2) is 4.79 Å². The number of amides is 3. The molecule has 0 radical (unpaired) electrons. The molecule has 1 aliphatic carbocycles. The fourth-order valence-corrected chi connectivity index (χ4v) is 2.00. The van der Waals surface area contributed by atoms with E-state index in [1.807, 2.05) is 6.92 Å². The first-order chi connectivity index (χ1) is 7.91. The zero-order valence-corrected chi connectivity index (χ0v) is 9.91. The Morgan fingerprint density at radius 1 is 1.18 bits per heavy atom. The Labute approximate surface area is 99.8 Å². The van der Waals surface area contributed by atoms with Crippen LogP contribution in [0.25, 0.3) is 0 Å². The molecule has 3 N–H and O–H groups in total. The Bertz CT molecular complexity index is 321. The van der Waals surface area contributed by atoms with Gasteiger partial charge >= 0.3 is 12.0 Å². The molecule has 96 valence electrons. The van der Waals surface area contributed by atoms with Gasteiger partial charge in [-0.1, -0.05) is 12.8 Å². The van der Waals surface area contributed by atoms with E-state index < -0.39 is 17.9 Å². The lowest BCUT2D eigenvalue weighted by atomic mass is 10.0. The van der Waals surface area contributed by atoms with Crippen LogP contribution in [0.2, 0.25) is 0 Å². The van der Waals surface area contributed by atoms with E-state index in [4.69, 9.17) is 5.11 Å². The van der Waals surface area contributed by atoms with Crippen molar-refractivity contribution < 1.29 is 19.5 Å². The third-order valence-corrected chi connectivity index (χ3v) is 2.94. The number of hydrogen-bond acceptors (Lipinski definition) is 3. The van der Waals surface area contributed by atoms with Crippen LogP contribution in [0.1, 0.15) is 45.4 Å². The second kappa shape index (κ2) is 5.65. The van der Waals surface area contributed by atoms with Crippen LogP contribution in [0.5, 0.6) is 0 Å². The number of rotatable bonds is 4. The molecule has 0 spiro atoms. The predicted octanol–water partition coefficient (Wildman–Crippen LogP) is 1.01. The van der Waals surface area contributed by atoms with Crippen LogP contribution in [0.3, 0.4) is 0 Å². The van der Waals surface area contributed by atoms with E-state index in [9.17, 15) is 14.4 Å². The van der Waals surface area contributed by atoms with Crippen molar-refractivity contribution in [1.29, 1.82) is 0 Å². The van der Waals surface area contributed by atoms with Gasteiger partial charge in [-0.2, -0.15) is 0 Å². The topological polar surface area (TPSA) is 95.5 Å². The molecule has 0 saturated heterocycles. The average Bonchev–Trinajstić information content (AvgIpc) is 2.61. The summed E-state index contributed by atoms with van der Waals surface area (Å²) in [6, 6.07) is -0.537. The van der Waals surface area contributed by atoms with Crippen LogP contribution in [-0.2, 0) is 9.59 Å². The largest absolute Gasteiger partial charge is 0.481 e. The summed E-state index contributed by atoms with van der Waals surface area (Å²) in [5.74, 6) is -1.62. The Kier molecular flexibility index (Phi) is 4.48. The number of hydrogen-bond donors (Lipinski definition) is 3. The fourth-order valence-electron chi connectivity index (χ4n) is 2.00. The van der Waals surface area contributed by atoms with Gasteiger partial charge in [0.25, 0.3) is 0 Å². The maximum absolute atomic E-state index is 11.5. The van der Waals surface area contributed by atoms with Crippen LogP contribution in [0, 0.1) is 0 Å². The van der Waals surface area contributed by atoms with E-state index in [0.29, 0.717) is 0 Å². The molecule has 1 fully saturated rings. The van der Waals surface area contributed by atoms with E-state index in [1.165, 1.54) is 0 Å². The maximum Gasteiger partial charge on any atom is 0.321 e. The predicted molar refractivity (Wildman–Crippen MR) is 60.4 cm³/mol. The molecule has 1 saturated carbocycles. The second-order valence-electron chi connectivity index (χ2n) is 4.66. The van der Waals surface area contributed by atoms with Crippen LogP contribution >= 0.6 is 0 Å². The molecule has 1 rings (SSSR count). The van der Waals surface area contributed by atoms with Crippen molar-refractivity contribution in [3.63, 3.8) is 0 Å². The number of carboxylic acid groups (broad SMARTS) is 1. The third kappa shape index (κ3) is 4.84. The van der Waals surface area contributed by atoms with E-state index >= 15 is 0 Å². The van der Waals surface area contributed by atoms with Crippen molar-refractivity contribution in [1.82, 2.24) is 10.6 Å². The maximum atomic E-state index is 11.5. The Hall–Kier alpha value is -1.59. The van der Waals surface area contributed by atoms with Crippen molar-refractivity contribution in [3.05, 3.63) is 0 Å². The molecule has 0 bridgehead atoms. The summed E-state index contributed by atoms with van der Waals surface area (Å²) in [5.41, 5.74) is -0.239. The number of aliphatic carboxylic acids is 1. The van der Waals surface area contributed by atoms with E-state index in [2.05, 4.69) is 10.6 Å². The minimum Gasteiger partial charge on any atom is -0.481 e. The molecule has 0 atom stereocenters. The summed E-state index contributed by atoms with van der Waals surface area (Å²) in [4.78, 5) is 32.9. The van der Waals surface area contributed by atoms with Gasteiger partial charge < -0.3 is 10.4 Å². The number of imide groups is 1. The molecule has 3 amide bonds. The molecule has 6 heteroatoms. The fraction of sp³-hybridized carbons (Fsp3) is 0.727. The Morgan fingerprint density at radius 3 is 2.29 bits per heavy atom.